The quantitative estimate of drug-likeness (QED) is 0.782. The molecule has 0 amide bonds. The Balaban J connectivity index is 2.26. The molecule has 0 fully saturated rings. The number of nitrogens with zero attached hydrogens (tertiary/aromatic N) is 4. The van der Waals surface area contributed by atoms with E-state index in [9.17, 15) is 0 Å². The first kappa shape index (κ1) is 12.5. The molecule has 0 unspecified atom stereocenters. The largest absolute Gasteiger partial charge is 0.382 e. The number of aromatic nitrogens is 4. The summed E-state index contributed by atoms with van der Waals surface area (Å²) in [5, 5.41) is 0.400. The van der Waals surface area contributed by atoms with Crippen LogP contribution in [0.3, 0.4) is 0 Å². The minimum atomic E-state index is 0.283. The van der Waals surface area contributed by atoms with Crippen LogP contribution in [-0.2, 0) is 0 Å². The van der Waals surface area contributed by atoms with Crippen LogP contribution in [0.25, 0.3) is 22.4 Å². The summed E-state index contributed by atoms with van der Waals surface area (Å²) in [6, 6.07) is 5.52. The molecule has 5 nitrogen and oxygen atoms in total. The van der Waals surface area contributed by atoms with Crippen molar-refractivity contribution >= 4 is 17.4 Å². The zero-order valence-electron chi connectivity index (χ0n) is 10.4. The van der Waals surface area contributed by atoms with Crippen molar-refractivity contribution in [2.45, 2.75) is 0 Å². The number of hydrogen-bond acceptors (Lipinski definition) is 5. The van der Waals surface area contributed by atoms with Crippen LogP contribution >= 0.6 is 11.6 Å². The van der Waals surface area contributed by atoms with Crippen LogP contribution in [0.4, 0.5) is 5.82 Å². The molecule has 3 aromatic rings. The minimum Gasteiger partial charge on any atom is -0.382 e. The molecule has 0 atom stereocenters. The maximum Gasteiger partial charge on any atom is 0.142 e. The van der Waals surface area contributed by atoms with Crippen molar-refractivity contribution in [1.82, 2.24) is 19.9 Å². The topological polar surface area (TPSA) is 77.6 Å². The molecule has 0 aliphatic rings. The molecular weight excluding hydrogens is 274 g/mol. The fourth-order valence-electron chi connectivity index (χ4n) is 1.88. The molecule has 0 spiro atoms. The van der Waals surface area contributed by atoms with Gasteiger partial charge in [0.15, 0.2) is 0 Å². The van der Waals surface area contributed by atoms with E-state index in [-0.39, 0.29) is 5.82 Å². The van der Waals surface area contributed by atoms with Crippen LogP contribution in [0.1, 0.15) is 0 Å². The highest BCUT2D eigenvalue weighted by Gasteiger charge is 2.13. The fraction of sp³-hybridized carbons (Fsp3) is 0. The molecule has 0 radical (unpaired) electrons. The van der Waals surface area contributed by atoms with Gasteiger partial charge in [0.1, 0.15) is 12.1 Å². The van der Waals surface area contributed by atoms with E-state index in [0.29, 0.717) is 10.7 Å². The van der Waals surface area contributed by atoms with Gasteiger partial charge >= 0.3 is 0 Å². The van der Waals surface area contributed by atoms with Crippen molar-refractivity contribution in [3.8, 4) is 22.4 Å². The minimum absolute atomic E-state index is 0.283. The van der Waals surface area contributed by atoms with E-state index in [1.165, 1.54) is 6.33 Å². The first-order valence-corrected chi connectivity index (χ1v) is 6.25. The first-order chi connectivity index (χ1) is 9.75. The zero-order chi connectivity index (χ0) is 13.9. The molecule has 0 aliphatic heterocycles. The summed E-state index contributed by atoms with van der Waals surface area (Å²) in [4.78, 5) is 16.5. The van der Waals surface area contributed by atoms with Crippen LogP contribution < -0.4 is 5.73 Å². The van der Waals surface area contributed by atoms with Gasteiger partial charge in [-0.25, -0.2) is 15.0 Å². The summed E-state index contributed by atoms with van der Waals surface area (Å²) < 4.78 is 0. The van der Waals surface area contributed by atoms with Crippen molar-refractivity contribution in [1.29, 1.82) is 0 Å². The number of nitrogen functional groups attached to an aromatic ring is 1. The monoisotopic (exact) mass is 283 g/mol. The van der Waals surface area contributed by atoms with Crippen LogP contribution in [0.2, 0.25) is 5.02 Å². The Morgan fingerprint density at radius 2 is 1.75 bits per heavy atom. The van der Waals surface area contributed by atoms with Gasteiger partial charge in [-0.05, 0) is 18.2 Å². The van der Waals surface area contributed by atoms with Gasteiger partial charge in [0.05, 0.1) is 10.7 Å². The van der Waals surface area contributed by atoms with E-state index >= 15 is 0 Å². The second kappa shape index (κ2) is 5.22. The predicted octanol–water partition coefficient (Wildman–Crippen LogP) is 2.84. The van der Waals surface area contributed by atoms with Gasteiger partial charge in [-0.3, -0.25) is 4.98 Å². The molecule has 0 aliphatic carbocycles. The van der Waals surface area contributed by atoms with Crippen molar-refractivity contribution < 1.29 is 0 Å². The standard InChI is InChI=1S/C14H10ClN5/c15-12-4-11(10-6-18-8-19-7-10)13(20-14(12)16)9-2-1-3-17-5-9/h1-8H,(H2,16,20). The molecule has 0 bridgehead atoms. The van der Waals surface area contributed by atoms with Gasteiger partial charge in [0, 0.05) is 41.5 Å². The maximum atomic E-state index is 6.08. The molecule has 2 N–H and O–H groups in total. The molecule has 3 heterocycles. The van der Waals surface area contributed by atoms with Gasteiger partial charge in [-0.2, -0.15) is 0 Å². The molecule has 20 heavy (non-hydrogen) atoms. The number of pyridine rings is 2. The Morgan fingerprint density at radius 1 is 1.00 bits per heavy atom. The van der Waals surface area contributed by atoms with E-state index in [4.69, 9.17) is 17.3 Å². The third-order valence-electron chi connectivity index (χ3n) is 2.81. The van der Waals surface area contributed by atoms with E-state index in [0.717, 1.165) is 16.7 Å². The van der Waals surface area contributed by atoms with Gasteiger partial charge in [0.25, 0.3) is 0 Å². The summed E-state index contributed by atoms with van der Waals surface area (Å²) in [5.74, 6) is 0.283. The van der Waals surface area contributed by atoms with Crippen LogP contribution in [0.5, 0.6) is 0 Å². The van der Waals surface area contributed by atoms with Gasteiger partial charge in [-0.1, -0.05) is 11.6 Å². The average Bonchev–Trinajstić information content (AvgIpc) is 2.51. The highest BCUT2D eigenvalue weighted by atomic mass is 35.5. The van der Waals surface area contributed by atoms with Crippen LogP contribution in [-0.4, -0.2) is 19.9 Å². The van der Waals surface area contributed by atoms with E-state index < -0.39 is 0 Å². The molecular formula is C14H10ClN5. The lowest BCUT2D eigenvalue weighted by Gasteiger charge is -2.10. The summed E-state index contributed by atoms with van der Waals surface area (Å²) >= 11 is 6.08. The fourth-order valence-corrected chi connectivity index (χ4v) is 2.04. The van der Waals surface area contributed by atoms with Gasteiger partial charge in [-0.15, -0.1) is 0 Å². The lowest BCUT2D eigenvalue weighted by atomic mass is 10.0. The second-order valence-electron chi connectivity index (χ2n) is 4.12. The van der Waals surface area contributed by atoms with Crippen molar-refractivity contribution in [3.63, 3.8) is 0 Å². The smallest absolute Gasteiger partial charge is 0.142 e. The first-order valence-electron chi connectivity index (χ1n) is 5.87. The molecule has 0 aromatic carbocycles. The molecule has 0 saturated carbocycles. The molecule has 3 aromatic heterocycles. The number of anilines is 1. The van der Waals surface area contributed by atoms with Crippen molar-refractivity contribution in [2.24, 2.45) is 0 Å². The highest BCUT2D eigenvalue weighted by Crippen LogP contribution is 2.33. The third kappa shape index (κ3) is 2.31. The summed E-state index contributed by atoms with van der Waals surface area (Å²) in [6.07, 6.45) is 8.31. The maximum absolute atomic E-state index is 6.08. The second-order valence-corrected chi connectivity index (χ2v) is 4.53. The third-order valence-corrected chi connectivity index (χ3v) is 3.11. The molecule has 3 rings (SSSR count). The number of halogens is 1. The summed E-state index contributed by atoms with van der Waals surface area (Å²) in [6.45, 7) is 0. The highest BCUT2D eigenvalue weighted by molar-refractivity contribution is 6.33. The Morgan fingerprint density at radius 3 is 2.45 bits per heavy atom. The van der Waals surface area contributed by atoms with Crippen molar-refractivity contribution in [2.75, 3.05) is 5.73 Å². The van der Waals surface area contributed by atoms with Crippen molar-refractivity contribution in [3.05, 3.63) is 54.3 Å². The van der Waals surface area contributed by atoms with Crippen LogP contribution in [0, 0.1) is 0 Å². The van der Waals surface area contributed by atoms with Gasteiger partial charge < -0.3 is 5.73 Å². The Hall–Kier alpha value is -2.53. The SMILES string of the molecule is Nc1nc(-c2cccnc2)c(-c2cncnc2)cc1Cl. The summed E-state index contributed by atoms with van der Waals surface area (Å²) in [5.41, 5.74) is 9.01. The van der Waals surface area contributed by atoms with E-state index in [1.54, 1.807) is 30.9 Å². The zero-order valence-corrected chi connectivity index (χ0v) is 11.1. The predicted molar refractivity (Wildman–Crippen MR) is 77.9 cm³/mol. The van der Waals surface area contributed by atoms with Crippen LogP contribution in [0.15, 0.2) is 49.3 Å². The number of nitrogens with two attached hydrogens (primary N) is 1. The van der Waals surface area contributed by atoms with Gasteiger partial charge in [0.2, 0.25) is 0 Å². The Kier molecular flexibility index (Phi) is 3.26. The molecule has 0 saturated heterocycles. The molecule has 6 heteroatoms. The summed E-state index contributed by atoms with van der Waals surface area (Å²) in [7, 11) is 0. The average molecular weight is 284 g/mol. The lowest BCUT2D eigenvalue weighted by molar-refractivity contribution is 1.17. The van der Waals surface area contributed by atoms with E-state index in [2.05, 4.69) is 19.9 Å². The lowest BCUT2D eigenvalue weighted by Crippen LogP contribution is -1.97. The Bertz CT molecular complexity index is 667. The Labute approximate surface area is 120 Å². The molecule has 98 valence electrons. The number of rotatable bonds is 2. The number of hydrogen-bond donors (Lipinski definition) is 1. The normalized spacial score (nSPS) is 10.4. The van der Waals surface area contributed by atoms with E-state index in [1.807, 2.05) is 12.1 Å².